The number of aromatic nitrogens is 1. The molecule has 0 unspecified atom stereocenters. The monoisotopic (exact) mass is 332 g/mol. The predicted molar refractivity (Wildman–Crippen MR) is 90.3 cm³/mol. The Balaban J connectivity index is 1.91. The average Bonchev–Trinajstić information content (AvgIpc) is 2.96. The third kappa shape index (κ3) is 4.63. The number of hydrogen-bond donors (Lipinski definition) is 2. The number of hydrogen-bond acceptors (Lipinski definition) is 4. The first-order valence-corrected chi connectivity index (χ1v) is 8.22. The summed E-state index contributed by atoms with van der Waals surface area (Å²) in [6.07, 6.45) is 0.658. The highest BCUT2D eigenvalue weighted by Crippen LogP contribution is 2.23. The number of carboxylic acids is 1. The summed E-state index contributed by atoms with van der Waals surface area (Å²) < 4.78 is 0. The van der Waals surface area contributed by atoms with Gasteiger partial charge in [0.25, 0.3) is 5.91 Å². The lowest BCUT2D eigenvalue weighted by atomic mass is 9.93. The minimum Gasteiger partial charge on any atom is -0.478 e. The summed E-state index contributed by atoms with van der Waals surface area (Å²) in [7, 11) is 0. The van der Waals surface area contributed by atoms with Crippen LogP contribution in [0.1, 0.15) is 52.2 Å². The fourth-order valence-electron chi connectivity index (χ4n) is 1.95. The van der Waals surface area contributed by atoms with Crippen LogP contribution in [0.25, 0.3) is 0 Å². The van der Waals surface area contributed by atoms with Gasteiger partial charge >= 0.3 is 5.97 Å². The van der Waals surface area contributed by atoms with Gasteiger partial charge in [-0.05, 0) is 18.2 Å². The summed E-state index contributed by atoms with van der Waals surface area (Å²) in [6.45, 7) is 6.81. The minimum absolute atomic E-state index is 0.0231. The van der Waals surface area contributed by atoms with Crippen molar-refractivity contribution in [3.8, 4) is 0 Å². The Morgan fingerprint density at radius 3 is 2.57 bits per heavy atom. The normalized spacial score (nSPS) is 11.3. The summed E-state index contributed by atoms with van der Waals surface area (Å²) in [5.74, 6) is -1.32. The van der Waals surface area contributed by atoms with Crippen LogP contribution < -0.4 is 5.32 Å². The van der Waals surface area contributed by atoms with Gasteiger partial charge in [0.15, 0.2) is 0 Å². The molecule has 0 radical (unpaired) electrons. The van der Waals surface area contributed by atoms with Crippen LogP contribution in [-0.2, 0) is 11.8 Å². The van der Waals surface area contributed by atoms with E-state index in [9.17, 15) is 9.59 Å². The number of carbonyl (C=O) groups excluding carboxylic acids is 1. The van der Waals surface area contributed by atoms with E-state index in [0.29, 0.717) is 18.5 Å². The van der Waals surface area contributed by atoms with Gasteiger partial charge in [-0.25, -0.2) is 9.78 Å². The molecule has 0 aliphatic rings. The maximum Gasteiger partial charge on any atom is 0.335 e. The zero-order valence-electron chi connectivity index (χ0n) is 13.4. The second kappa shape index (κ2) is 6.91. The van der Waals surface area contributed by atoms with Crippen LogP contribution in [0.15, 0.2) is 29.6 Å². The maximum atomic E-state index is 12.1. The van der Waals surface area contributed by atoms with Crippen LogP contribution in [0.5, 0.6) is 0 Å². The van der Waals surface area contributed by atoms with E-state index >= 15 is 0 Å². The van der Waals surface area contributed by atoms with E-state index < -0.39 is 5.97 Å². The van der Waals surface area contributed by atoms with Crippen molar-refractivity contribution in [3.05, 3.63) is 51.5 Å². The zero-order chi connectivity index (χ0) is 17.0. The van der Waals surface area contributed by atoms with Crippen LogP contribution >= 0.6 is 11.3 Å². The highest BCUT2D eigenvalue weighted by atomic mass is 32.1. The fraction of sp³-hybridized carbons (Fsp3) is 0.353. The van der Waals surface area contributed by atoms with Gasteiger partial charge in [0.1, 0.15) is 0 Å². The molecule has 0 aliphatic carbocycles. The molecule has 5 nitrogen and oxygen atoms in total. The molecule has 1 aromatic carbocycles. The van der Waals surface area contributed by atoms with Gasteiger partial charge in [0.2, 0.25) is 0 Å². The third-order valence-electron chi connectivity index (χ3n) is 3.32. The van der Waals surface area contributed by atoms with Gasteiger partial charge in [-0.2, -0.15) is 0 Å². The number of nitrogens with one attached hydrogen (secondary N) is 1. The quantitative estimate of drug-likeness (QED) is 0.882. The van der Waals surface area contributed by atoms with E-state index in [1.165, 1.54) is 12.1 Å². The lowest BCUT2D eigenvalue weighted by Crippen LogP contribution is -2.26. The summed E-state index contributed by atoms with van der Waals surface area (Å²) in [6, 6.07) is 6.00. The van der Waals surface area contributed by atoms with Gasteiger partial charge < -0.3 is 10.4 Å². The second-order valence-electron chi connectivity index (χ2n) is 6.27. The summed E-state index contributed by atoms with van der Waals surface area (Å²) in [5.41, 5.74) is 1.53. The number of benzene rings is 1. The van der Waals surface area contributed by atoms with Crippen molar-refractivity contribution in [1.29, 1.82) is 0 Å². The molecule has 1 amide bonds. The molecule has 0 atom stereocenters. The zero-order valence-corrected chi connectivity index (χ0v) is 14.2. The van der Waals surface area contributed by atoms with Crippen molar-refractivity contribution < 1.29 is 14.7 Å². The number of thiazole rings is 1. The van der Waals surface area contributed by atoms with Crippen molar-refractivity contribution >= 4 is 23.2 Å². The molecule has 2 rings (SSSR count). The first kappa shape index (κ1) is 17.1. The average molecular weight is 332 g/mol. The van der Waals surface area contributed by atoms with Crippen molar-refractivity contribution in [2.24, 2.45) is 0 Å². The Morgan fingerprint density at radius 2 is 1.96 bits per heavy atom. The summed E-state index contributed by atoms with van der Waals surface area (Å²) >= 11 is 1.59. The molecule has 0 aliphatic heterocycles. The second-order valence-corrected chi connectivity index (χ2v) is 7.21. The van der Waals surface area contributed by atoms with Crippen LogP contribution in [0.3, 0.4) is 0 Å². The molecule has 0 saturated carbocycles. The molecule has 2 aromatic rings. The Labute approximate surface area is 139 Å². The third-order valence-corrected chi connectivity index (χ3v) is 4.22. The van der Waals surface area contributed by atoms with E-state index in [0.717, 1.165) is 10.7 Å². The molecule has 0 saturated heterocycles. The van der Waals surface area contributed by atoms with E-state index in [-0.39, 0.29) is 16.9 Å². The number of rotatable bonds is 5. The van der Waals surface area contributed by atoms with Crippen molar-refractivity contribution in [2.45, 2.75) is 32.6 Å². The Hall–Kier alpha value is -2.21. The van der Waals surface area contributed by atoms with Crippen LogP contribution in [-0.4, -0.2) is 28.5 Å². The Bertz CT molecular complexity index is 717. The van der Waals surface area contributed by atoms with Gasteiger partial charge in [0.05, 0.1) is 16.3 Å². The first-order valence-electron chi connectivity index (χ1n) is 7.34. The maximum absolute atomic E-state index is 12.1. The molecule has 2 N–H and O–H groups in total. The van der Waals surface area contributed by atoms with Crippen LogP contribution in [0.2, 0.25) is 0 Å². The van der Waals surface area contributed by atoms with Crippen molar-refractivity contribution in [3.63, 3.8) is 0 Å². The molecule has 6 heteroatoms. The van der Waals surface area contributed by atoms with Gasteiger partial charge in [-0.3, -0.25) is 4.79 Å². The number of nitrogens with zero attached hydrogens (tertiary/aromatic N) is 1. The lowest BCUT2D eigenvalue weighted by Gasteiger charge is -2.14. The predicted octanol–water partition coefficient (Wildman–Crippen LogP) is 3.11. The molecule has 1 heterocycles. The Kier molecular flexibility index (Phi) is 5.15. The lowest BCUT2D eigenvalue weighted by molar-refractivity contribution is 0.0697. The molecular formula is C17H20N2O3S. The molecule has 0 spiro atoms. The molecule has 0 fully saturated rings. The molecule has 23 heavy (non-hydrogen) atoms. The van der Waals surface area contributed by atoms with Crippen LogP contribution in [0, 0.1) is 0 Å². The van der Waals surface area contributed by atoms with Crippen LogP contribution in [0.4, 0.5) is 0 Å². The summed E-state index contributed by atoms with van der Waals surface area (Å²) in [5, 5.41) is 14.8. The highest BCUT2D eigenvalue weighted by Gasteiger charge is 2.17. The number of aromatic carboxylic acids is 1. The van der Waals surface area contributed by atoms with E-state index in [1.807, 2.05) is 5.38 Å². The number of amides is 1. The molecule has 0 bridgehead atoms. The first-order chi connectivity index (χ1) is 10.8. The largest absolute Gasteiger partial charge is 0.478 e. The smallest absolute Gasteiger partial charge is 0.335 e. The molecule has 122 valence electrons. The van der Waals surface area contributed by atoms with E-state index in [1.54, 1.807) is 23.5 Å². The van der Waals surface area contributed by atoms with E-state index in [2.05, 4.69) is 31.1 Å². The SMILES string of the molecule is CC(C)(C)c1csc(CCNC(=O)c2cccc(C(=O)O)c2)n1. The van der Waals surface area contributed by atoms with Crippen molar-refractivity contribution in [2.75, 3.05) is 6.54 Å². The Morgan fingerprint density at radius 1 is 1.26 bits per heavy atom. The van der Waals surface area contributed by atoms with Crippen molar-refractivity contribution in [1.82, 2.24) is 10.3 Å². The standard InChI is InChI=1S/C17H20N2O3S/c1-17(2,3)13-10-23-14(19-13)7-8-18-15(20)11-5-4-6-12(9-11)16(21)22/h4-6,9-10H,7-8H2,1-3H3,(H,18,20)(H,21,22). The molecular weight excluding hydrogens is 312 g/mol. The number of carboxylic acid groups (broad SMARTS) is 1. The van der Waals surface area contributed by atoms with E-state index in [4.69, 9.17) is 5.11 Å². The van der Waals surface area contributed by atoms with Gasteiger partial charge in [-0.1, -0.05) is 26.8 Å². The van der Waals surface area contributed by atoms with Gasteiger partial charge in [0, 0.05) is 29.3 Å². The highest BCUT2D eigenvalue weighted by molar-refractivity contribution is 7.09. The van der Waals surface area contributed by atoms with Gasteiger partial charge in [-0.15, -0.1) is 11.3 Å². The minimum atomic E-state index is -1.04. The number of carbonyl (C=O) groups is 2. The fourth-order valence-corrected chi connectivity index (χ4v) is 2.97. The molecule has 1 aromatic heterocycles. The summed E-state index contributed by atoms with van der Waals surface area (Å²) in [4.78, 5) is 27.6. The topological polar surface area (TPSA) is 79.3 Å².